The van der Waals surface area contributed by atoms with E-state index in [0.29, 0.717) is 38.4 Å². The van der Waals surface area contributed by atoms with E-state index in [0.717, 1.165) is 49.1 Å². The second-order valence-electron chi connectivity index (χ2n) is 10.4. The van der Waals surface area contributed by atoms with Crippen molar-refractivity contribution in [2.24, 2.45) is 23.2 Å². The summed E-state index contributed by atoms with van der Waals surface area (Å²) >= 11 is 5.35. The fourth-order valence-corrected chi connectivity index (χ4v) is 7.29. The molecule has 33 heavy (non-hydrogen) atoms. The molecule has 9 heteroatoms. The van der Waals surface area contributed by atoms with Crippen molar-refractivity contribution in [2.75, 3.05) is 36.5 Å². The Morgan fingerprint density at radius 2 is 1.70 bits per heavy atom. The molecule has 1 saturated heterocycles. The maximum absolute atomic E-state index is 13.3. The number of morpholine rings is 1. The monoisotopic (exact) mass is 481 g/mol. The van der Waals surface area contributed by atoms with Gasteiger partial charge in [0.2, 0.25) is 5.91 Å². The Labute approximate surface area is 197 Å². The van der Waals surface area contributed by atoms with Crippen LogP contribution in [0.25, 0.3) is 0 Å². The minimum Gasteiger partial charge on any atom is -0.378 e. The number of thiocarbonyl (C=S) groups is 1. The van der Waals surface area contributed by atoms with Crippen molar-refractivity contribution in [3.63, 3.8) is 0 Å². The van der Waals surface area contributed by atoms with Crippen molar-refractivity contribution < 1.29 is 22.7 Å². The highest BCUT2D eigenvalue weighted by atomic mass is 32.1. The number of halogens is 3. The lowest BCUT2D eigenvalue weighted by Crippen LogP contribution is -2.48. The number of nitrogens with zero attached hydrogens (tertiary/aromatic N) is 1. The standard InChI is InChI=1S/C24H30F3N3O2S/c25-24(26,27)18-1-2-20(30-3-5-32-6-4-30)19(10-18)28-22(33)29-21(31)14-23-11-15-7-16(12-23)9-17(8-15)13-23/h1-2,10,15-17H,3-9,11-14H2,(H2,28,29,31,33). The van der Waals surface area contributed by atoms with Gasteiger partial charge in [-0.2, -0.15) is 13.2 Å². The Hall–Kier alpha value is -1.87. The molecule has 1 heterocycles. The van der Waals surface area contributed by atoms with E-state index in [1.165, 1.54) is 25.3 Å². The van der Waals surface area contributed by atoms with Gasteiger partial charge in [0.05, 0.1) is 30.2 Å². The van der Waals surface area contributed by atoms with Crippen LogP contribution in [-0.4, -0.2) is 37.3 Å². The second-order valence-corrected chi connectivity index (χ2v) is 10.8. The lowest BCUT2D eigenvalue weighted by molar-refractivity contribution is -0.137. The molecule has 1 aromatic rings. The fourth-order valence-electron chi connectivity index (χ4n) is 7.06. The maximum Gasteiger partial charge on any atom is 0.416 e. The van der Waals surface area contributed by atoms with E-state index in [2.05, 4.69) is 10.6 Å². The molecule has 4 saturated carbocycles. The molecule has 0 unspecified atom stereocenters. The van der Waals surface area contributed by atoms with E-state index in [1.54, 1.807) is 0 Å². The van der Waals surface area contributed by atoms with Crippen LogP contribution in [0.4, 0.5) is 24.5 Å². The summed E-state index contributed by atoms with van der Waals surface area (Å²) in [4.78, 5) is 14.9. The predicted octanol–water partition coefficient (Wildman–Crippen LogP) is 4.96. The zero-order chi connectivity index (χ0) is 23.2. The van der Waals surface area contributed by atoms with Gasteiger partial charge in [0.15, 0.2) is 5.11 Å². The Balaban J connectivity index is 1.27. The highest BCUT2D eigenvalue weighted by molar-refractivity contribution is 7.80. The number of hydrogen-bond acceptors (Lipinski definition) is 4. The highest BCUT2D eigenvalue weighted by Gasteiger charge is 2.51. The Morgan fingerprint density at radius 1 is 1.09 bits per heavy atom. The van der Waals surface area contributed by atoms with Gasteiger partial charge < -0.3 is 20.3 Å². The molecule has 1 aromatic carbocycles. The van der Waals surface area contributed by atoms with Crippen LogP contribution in [0.3, 0.4) is 0 Å². The largest absolute Gasteiger partial charge is 0.416 e. The summed E-state index contributed by atoms with van der Waals surface area (Å²) in [5.74, 6) is 2.09. The number of ether oxygens (including phenoxy) is 1. The van der Waals surface area contributed by atoms with Gasteiger partial charge in [-0.05, 0) is 92.1 Å². The van der Waals surface area contributed by atoms with E-state index in [-0.39, 0.29) is 22.1 Å². The van der Waals surface area contributed by atoms with Gasteiger partial charge >= 0.3 is 6.18 Å². The Bertz CT molecular complexity index is 895. The number of benzene rings is 1. The number of hydrogen-bond donors (Lipinski definition) is 2. The van der Waals surface area contributed by atoms with Gasteiger partial charge in [0.25, 0.3) is 0 Å². The summed E-state index contributed by atoms with van der Waals surface area (Å²) in [5, 5.41) is 5.67. The lowest BCUT2D eigenvalue weighted by Gasteiger charge is -2.56. The molecule has 4 aliphatic carbocycles. The van der Waals surface area contributed by atoms with Crippen LogP contribution in [-0.2, 0) is 15.7 Å². The first-order valence-electron chi connectivity index (χ1n) is 11.8. The van der Waals surface area contributed by atoms with E-state index < -0.39 is 11.7 Å². The van der Waals surface area contributed by atoms with Gasteiger partial charge in [-0.15, -0.1) is 0 Å². The van der Waals surface area contributed by atoms with Crippen molar-refractivity contribution in [3.8, 4) is 0 Å². The minimum atomic E-state index is -4.47. The molecule has 4 bridgehead atoms. The van der Waals surface area contributed by atoms with Crippen LogP contribution in [0.1, 0.15) is 50.5 Å². The van der Waals surface area contributed by atoms with Crippen LogP contribution < -0.4 is 15.5 Å². The van der Waals surface area contributed by atoms with Gasteiger partial charge in [0, 0.05) is 19.5 Å². The fraction of sp³-hybridized carbons (Fsp3) is 0.667. The molecule has 0 radical (unpaired) electrons. The summed E-state index contributed by atoms with van der Waals surface area (Å²) in [5.41, 5.74) is 0.171. The van der Waals surface area contributed by atoms with E-state index in [9.17, 15) is 18.0 Å². The summed E-state index contributed by atoms with van der Waals surface area (Å²) in [6.45, 7) is 2.16. The first-order valence-corrected chi connectivity index (χ1v) is 12.2. The number of nitrogens with one attached hydrogen (secondary N) is 2. The molecular weight excluding hydrogens is 451 g/mol. The molecule has 5 aliphatic rings. The number of amides is 1. The first kappa shape index (κ1) is 22.9. The van der Waals surface area contributed by atoms with Gasteiger partial charge in [-0.1, -0.05) is 0 Å². The molecular formula is C24H30F3N3O2S. The van der Waals surface area contributed by atoms with Crippen molar-refractivity contribution in [1.29, 1.82) is 0 Å². The van der Waals surface area contributed by atoms with Crippen molar-refractivity contribution in [1.82, 2.24) is 5.32 Å². The average Bonchev–Trinajstić information content (AvgIpc) is 2.72. The van der Waals surface area contributed by atoms with Crippen molar-refractivity contribution in [3.05, 3.63) is 23.8 Å². The molecule has 5 fully saturated rings. The zero-order valence-electron chi connectivity index (χ0n) is 18.5. The van der Waals surface area contributed by atoms with Gasteiger partial charge in [-0.3, -0.25) is 4.79 Å². The lowest BCUT2D eigenvalue weighted by atomic mass is 9.49. The summed E-state index contributed by atoms with van der Waals surface area (Å²) in [6, 6.07) is 3.59. The van der Waals surface area contributed by atoms with Crippen molar-refractivity contribution >= 4 is 34.6 Å². The van der Waals surface area contributed by atoms with Crippen molar-refractivity contribution in [2.45, 2.75) is 51.1 Å². The van der Waals surface area contributed by atoms with Crippen LogP contribution in [0.5, 0.6) is 0 Å². The number of carbonyl (C=O) groups excluding carboxylic acids is 1. The van der Waals surface area contributed by atoms with Crippen LogP contribution in [0.15, 0.2) is 18.2 Å². The SMILES string of the molecule is O=C(CC12CC3CC(CC(C3)C1)C2)NC(=S)Nc1cc(C(F)(F)F)ccc1N1CCOCC1. The number of alkyl halides is 3. The first-order chi connectivity index (χ1) is 15.7. The number of rotatable bonds is 4. The minimum absolute atomic E-state index is 0.0403. The molecule has 6 rings (SSSR count). The van der Waals surface area contributed by atoms with E-state index in [1.807, 2.05) is 4.90 Å². The van der Waals surface area contributed by atoms with Crippen LogP contribution >= 0.6 is 12.2 Å². The second kappa shape index (κ2) is 8.73. The number of anilines is 2. The molecule has 1 amide bonds. The number of carbonyl (C=O) groups is 1. The Morgan fingerprint density at radius 3 is 2.27 bits per heavy atom. The third-order valence-electron chi connectivity index (χ3n) is 7.88. The predicted molar refractivity (Wildman–Crippen MR) is 124 cm³/mol. The normalized spacial score (nSPS) is 30.9. The molecule has 0 atom stereocenters. The quantitative estimate of drug-likeness (QED) is 0.596. The van der Waals surface area contributed by atoms with Gasteiger partial charge in [0.1, 0.15) is 0 Å². The summed E-state index contributed by atoms with van der Waals surface area (Å²) in [6.07, 6.45) is 3.23. The topological polar surface area (TPSA) is 53.6 Å². The third-order valence-corrected chi connectivity index (χ3v) is 8.08. The smallest absolute Gasteiger partial charge is 0.378 e. The molecule has 1 aliphatic heterocycles. The molecule has 5 nitrogen and oxygen atoms in total. The summed E-state index contributed by atoms with van der Waals surface area (Å²) in [7, 11) is 0. The zero-order valence-corrected chi connectivity index (χ0v) is 19.4. The third kappa shape index (κ3) is 4.99. The van der Waals surface area contributed by atoms with Gasteiger partial charge in [-0.25, -0.2) is 0 Å². The Kier molecular flexibility index (Phi) is 6.05. The average molecular weight is 482 g/mol. The van der Waals surface area contributed by atoms with E-state index >= 15 is 0 Å². The molecule has 180 valence electrons. The molecule has 0 spiro atoms. The maximum atomic E-state index is 13.3. The molecule has 0 aromatic heterocycles. The molecule has 2 N–H and O–H groups in total. The van der Waals surface area contributed by atoms with Crippen LogP contribution in [0, 0.1) is 23.2 Å². The van der Waals surface area contributed by atoms with E-state index in [4.69, 9.17) is 17.0 Å². The summed E-state index contributed by atoms with van der Waals surface area (Å²) < 4.78 is 45.4. The van der Waals surface area contributed by atoms with Crippen LogP contribution in [0.2, 0.25) is 0 Å². The highest BCUT2D eigenvalue weighted by Crippen LogP contribution is 2.61.